The molecule has 0 aliphatic heterocycles. The van der Waals surface area contributed by atoms with Gasteiger partial charge in [0, 0.05) is 0 Å². The van der Waals surface area contributed by atoms with Gasteiger partial charge in [0.15, 0.2) is 5.69 Å². The van der Waals surface area contributed by atoms with Crippen molar-refractivity contribution in [1.29, 1.82) is 0 Å². The third-order valence-corrected chi connectivity index (χ3v) is 2.15. The van der Waals surface area contributed by atoms with Crippen LogP contribution >= 0.6 is 0 Å². The molecule has 2 aromatic rings. The fourth-order valence-corrected chi connectivity index (χ4v) is 1.45. The van der Waals surface area contributed by atoms with Crippen molar-refractivity contribution in [2.75, 3.05) is 0 Å². The summed E-state index contributed by atoms with van der Waals surface area (Å²) in [5.41, 5.74) is 0.00255. The lowest BCUT2D eigenvalue weighted by Crippen LogP contribution is -2.02. The van der Waals surface area contributed by atoms with Gasteiger partial charge < -0.3 is 14.7 Å². The zero-order valence-corrected chi connectivity index (χ0v) is 8.45. The molecule has 0 amide bonds. The van der Waals surface area contributed by atoms with Gasteiger partial charge in [-0.3, -0.25) is 0 Å². The van der Waals surface area contributed by atoms with E-state index in [1.165, 1.54) is 0 Å². The molecular formula is C11H7NO5. The molecule has 0 aliphatic rings. The Labute approximate surface area is 95.1 Å². The molecule has 0 radical (unpaired) electrons. The van der Waals surface area contributed by atoms with Crippen LogP contribution in [0.25, 0.3) is 11.1 Å². The van der Waals surface area contributed by atoms with Crippen molar-refractivity contribution in [2.45, 2.75) is 0 Å². The molecule has 1 aromatic heterocycles. The minimum Gasteiger partial charge on any atom is -0.476 e. The lowest BCUT2D eigenvalue weighted by molar-refractivity contribution is 0.0642. The van der Waals surface area contributed by atoms with Crippen LogP contribution in [0.5, 0.6) is 0 Å². The molecule has 0 unspecified atom stereocenters. The van der Waals surface area contributed by atoms with Crippen LogP contribution in [-0.2, 0) is 0 Å². The van der Waals surface area contributed by atoms with Crippen molar-refractivity contribution in [3.8, 4) is 11.1 Å². The Bertz CT molecular complexity index is 541. The Kier molecular flexibility index (Phi) is 2.61. The highest BCUT2D eigenvalue weighted by atomic mass is 16.5. The highest BCUT2D eigenvalue weighted by Crippen LogP contribution is 2.27. The van der Waals surface area contributed by atoms with Gasteiger partial charge >= 0.3 is 11.9 Å². The van der Waals surface area contributed by atoms with Crippen molar-refractivity contribution in [1.82, 2.24) is 5.16 Å². The van der Waals surface area contributed by atoms with E-state index in [9.17, 15) is 9.59 Å². The Morgan fingerprint density at radius 2 is 1.71 bits per heavy atom. The van der Waals surface area contributed by atoms with Crippen LogP contribution in [0.1, 0.15) is 21.0 Å². The van der Waals surface area contributed by atoms with Crippen LogP contribution in [-0.4, -0.2) is 27.3 Å². The summed E-state index contributed by atoms with van der Waals surface area (Å²) in [5.74, 6) is -3.17. The molecule has 0 saturated heterocycles. The summed E-state index contributed by atoms with van der Waals surface area (Å²) in [6.07, 6.45) is 0. The summed E-state index contributed by atoms with van der Waals surface area (Å²) in [6, 6.07) is 8.24. The van der Waals surface area contributed by atoms with E-state index in [-0.39, 0.29) is 5.56 Å². The Morgan fingerprint density at radius 3 is 2.24 bits per heavy atom. The monoisotopic (exact) mass is 233 g/mol. The number of rotatable bonds is 3. The third kappa shape index (κ3) is 1.87. The zero-order chi connectivity index (χ0) is 12.4. The number of carboxylic acids is 2. The van der Waals surface area contributed by atoms with Gasteiger partial charge in [0.05, 0.1) is 5.56 Å². The number of aromatic nitrogens is 1. The molecule has 17 heavy (non-hydrogen) atoms. The van der Waals surface area contributed by atoms with Gasteiger partial charge in [-0.2, -0.15) is 0 Å². The number of hydrogen-bond donors (Lipinski definition) is 2. The Hall–Kier alpha value is -2.63. The summed E-state index contributed by atoms with van der Waals surface area (Å²) < 4.78 is 4.54. The lowest BCUT2D eigenvalue weighted by atomic mass is 10.0. The molecule has 0 spiro atoms. The standard InChI is InChI=1S/C11H7NO5/c13-10(14)8-7(6-4-2-1-3-5-6)9(11(15)16)17-12-8/h1-5H,(H,13,14)(H,15,16). The summed E-state index contributed by atoms with van der Waals surface area (Å²) in [6.45, 7) is 0. The SMILES string of the molecule is O=C(O)c1noc(C(=O)O)c1-c1ccccc1. The van der Waals surface area contributed by atoms with E-state index in [2.05, 4.69) is 9.68 Å². The van der Waals surface area contributed by atoms with Gasteiger partial charge in [0.1, 0.15) is 0 Å². The normalized spacial score (nSPS) is 10.1. The van der Waals surface area contributed by atoms with Gasteiger partial charge in [-0.15, -0.1) is 0 Å². The first kappa shape index (κ1) is 10.9. The number of nitrogens with zero attached hydrogens (tertiary/aromatic N) is 1. The van der Waals surface area contributed by atoms with Crippen molar-refractivity contribution < 1.29 is 24.3 Å². The highest BCUT2D eigenvalue weighted by Gasteiger charge is 2.26. The first-order valence-electron chi connectivity index (χ1n) is 4.63. The first-order chi connectivity index (χ1) is 8.11. The third-order valence-electron chi connectivity index (χ3n) is 2.15. The minimum absolute atomic E-state index is 0.0226. The first-order valence-corrected chi connectivity index (χ1v) is 4.63. The van der Waals surface area contributed by atoms with Crippen LogP contribution < -0.4 is 0 Å². The van der Waals surface area contributed by atoms with Crippen LogP contribution in [0.2, 0.25) is 0 Å². The number of hydrogen-bond acceptors (Lipinski definition) is 4. The number of carbonyl (C=O) groups is 2. The van der Waals surface area contributed by atoms with Crippen LogP contribution in [0.4, 0.5) is 0 Å². The molecule has 2 N–H and O–H groups in total. The molecule has 0 saturated carbocycles. The van der Waals surface area contributed by atoms with Crippen molar-refractivity contribution in [3.63, 3.8) is 0 Å². The molecular weight excluding hydrogens is 226 g/mol. The van der Waals surface area contributed by atoms with E-state index in [1.807, 2.05) is 0 Å². The predicted molar refractivity (Wildman–Crippen MR) is 55.9 cm³/mol. The molecule has 6 nitrogen and oxygen atoms in total. The largest absolute Gasteiger partial charge is 0.476 e. The molecule has 86 valence electrons. The van der Waals surface area contributed by atoms with Crippen molar-refractivity contribution in [3.05, 3.63) is 41.8 Å². The van der Waals surface area contributed by atoms with Crippen LogP contribution in [0, 0.1) is 0 Å². The summed E-state index contributed by atoms with van der Waals surface area (Å²) in [4.78, 5) is 21.8. The average Bonchev–Trinajstić information content (AvgIpc) is 2.74. The average molecular weight is 233 g/mol. The van der Waals surface area contributed by atoms with E-state index in [1.54, 1.807) is 30.3 Å². The second-order valence-electron chi connectivity index (χ2n) is 3.21. The van der Waals surface area contributed by atoms with E-state index >= 15 is 0 Å². The molecule has 0 atom stereocenters. The maximum absolute atomic E-state index is 10.9. The molecule has 0 fully saturated rings. The molecule has 2 rings (SSSR count). The second-order valence-corrected chi connectivity index (χ2v) is 3.21. The van der Waals surface area contributed by atoms with E-state index in [0.29, 0.717) is 5.56 Å². The highest BCUT2D eigenvalue weighted by molar-refractivity contribution is 6.01. The molecule has 0 aliphatic carbocycles. The van der Waals surface area contributed by atoms with Gasteiger partial charge in [-0.25, -0.2) is 9.59 Å². The molecule has 1 heterocycles. The van der Waals surface area contributed by atoms with Gasteiger partial charge in [0.25, 0.3) is 5.76 Å². The molecule has 0 bridgehead atoms. The topological polar surface area (TPSA) is 101 Å². The maximum atomic E-state index is 10.9. The lowest BCUT2D eigenvalue weighted by Gasteiger charge is -1.99. The van der Waals surface area contributed by atoms with Crippen molar-refractivity contribution >= 4 is 11.9 Å². The molecule has 6 heteroatoms. The maximum Gasteiger partial charge on any atom is 0.375 e. The van der Waals surface area contributed by atoms with Gasteiger partial charge in [0.2, 0.25) is 0 Å². The van der Waals surface area contributed by atoms with Crippen molar-refractivity contribution in [2.24, 2.45) is 0 Å². The van der Waals surface area contributed by atoms with Crippen LogP contribution in [0.3, 0.4) is 0 Å². The number of aromatic carboxylic acids is 2. The fraction of sp³-hybridized carbons (Fsp3) is 0. The minimum atomic E-state index is -1.36. The Balaban J connectivity index is 2.69. The van der Waals surface area contributed by atoms with Gasteiger partial charge in [-0.05, 0) is 5.56 Å². The van der Waals surface area contributed by atoms with Gasteiger partial charge in [-0.1, -0.05) is 35.5 Å². The van der Waals surface area contributed by atoms with E-state index in [0.717, 1.165) is 0 Å². The zero-order valence-electron chi connectivity index (χ0n) is 8.45. The number of benzene rings is 1. The fourth-order valence-electron chi connectivity index (χ4n) is 1.45. The summed E-state index contributed by atoms with van der Waals surface area (Å²) in [5, 5.41) is 21.1. The van der Waals surface area contributed by atoms with E-state index < -0.39 is 23.4 Å². The molecule has 1 aromatic carbocycles. The van der Waals surface area contributed by atoms with E-state index in [4.69, 9.17) is 10.2 Å². The summed E-state index contributed by atoms with van der Waals surface area (Å²) in [7, 11) is 0. The predicted octanol–water partition coefficient (Wildman–Crippen LogP) is 1.74. The van der Waals surface area contributed by atoms with Crippen LogP contribution in [0.15, 0.2) is 34.9 Å². The summed E-state index contributed by atoms with van der Waals surface area (Å²) >= 11 is 0. The Morgan fingerprint density at radius 1 is 1.06 bits per heavy atom. The smallest absolute Gasteiger partial charge is 0.375 e. The number of carboxylic acid groups (broad SMARTS) is 2. The quantitative estimate of drug-likeness (QED) is 0.837. The second kappa shape index (κ2) is 4.09.